The molecule has 0 saturated heterocycles. The van der Waals surface area contributed by atoms with Crippen molar-refractivity contribution in [2.24, 2.45) is 7.05 Å². The van der Waals surface area contributed by atoms with Crippen LogP contribution in [-0.4, -0.2) is 17.8 Å². The highest BCUT2D eigenvalue weighted by Gasteiger charge is 2.03. The topological polar surface area (TPSA) is 14.2 Å². The first-order chi connectivity index (χ1) is 8.74. The van der Waals surface area contributed by atoms with Crippen LogP contribution >= 0.6 is 23.6 Å². The first-order valence-electron chi connectivity index (χ1n) is 5.31. The van der Waals surface area contributed by atoms with Gasteiger partial charge in [-0.25, -0.2) is 0 Å². The first-order valence-corrected chi connectivity index (χ1v) is 6.59. The van der Waals surface area contributed by atoms with Crippen molar-refractivity contribution in [2.75, 3.05) is 13.2 Å². The Kier molecular flexibility index (Phi) is 4.17. The highest BCUT2D eigenvalue weighted by molar-refractivity contribution is 7.71. The molecule has 0 unspecified atom stereocenters. The normalized spacial score (nSPS) is 9.78. The lowest BCUT2D eigenvalue weighted by Gasteiger charge is -2.02. The lowest BCUT2D eigenvalue weighted by atomic mass is 10.2. The number of thiophene rings is 1. The van der Waals surface area contributed by atoms with E-state index in [0.29, 0.717) is 13.2 Å². The molecule has 2 aromatic rings. The molecule has 2 rings (SSSR count). The van der Waals surface area contributed by atoms with Gasteiger partial charge in [0.2, 0.25) is 0 Å². The van der Waals surface area contributed by atoms with Crippen molar-refractivity contribution in [3.05, 3.63) is 27.8 Å². The quantitative estimate of drug-likeness (QED) is 0.474. The minimum atomic E-state index is 0.293. The van der Waals surface area contributed by atoms with Gasteiger partial charge in [0.1, 0.15) is 17.9 Å². The van der Waals surface area contributed by atoms with Gasteiger partial charge in [-0.3, -0.25) is 0 Å². The molecule has 0 aliphatic carbocycles. The SMILES string of the molecule is C#CCOCC#Cc1cn(C)c(=S)c2sccc12. The number of aryl methyl sites for hydroxylation is 1. The Hall–Kier alpha value is -1.59. The Labute approximate surface area is 115 Å². The second-order valence-electron chi connectivity index (χ2n) is 3.62. The Bertz CT molecular complexity index is 722. The number of hydrogen-bond acceptors (Lipinski definition) is 3. The van der Waals surface area contributed by atoms with Gasteiger partial charge in [0.15, 0.2) is 0 Å². The van der Waals surface area contributed by atoms with Crippen LogP contribution in [0.3, 0.4) is 0 Å². The number of ether oxygens (including phenoxy) is 1. The second-order valence-corrected chi connectivity index (χ2v) is 4.92. The van der Waals surface area contributed by atoms with E-state index in [4.69, 9.17) is 23.4 Å². The molecule has 0 atom stereocenters. The molecule has 0 aromatic carbocycles. The van der Waals surface area contributed by atoms with Crippen LogP contribution < -0.4 is 0 Å². The fraction of sp³-hybridized carbons (Fsp3) is 0.214. The zero-order chi connectivity index (χ0) is 13.0. The minimum Gasteiger partial charge on any atom is -0.356 e. The first kappa shape index (κ1) is 12.9. The van der Waals surface area contributed by atoms with Crippen molar-refractivity contribution < 1.29 is 4.74 Å². The van der Waals surface area contributed by atoms with E-state index in [0.717, 1.165) is 20.3 Å². The summed E-state index contributed by atoms with van der Waals surface area (Å²) in [5, 5.41) is 3.13. The number of nitrogens with zero attached hydrogens (tertiary/aromatic N) is 1. The maximum atomic E-state index is 5.36. The lowest BCUT2D eigenvalue weighted by Crippen LogP contribution is -1.94. The van der Waals surface area contributed by atoms with Crippen LogP contribution in [0.25, 0.3) is 10.1 Å². The third-order valence-electron chi connectivity index (χ3n) is 2.38. The van der Waals surface area contributed by atoms with Crippen molar-refractivity contribution in [3.8, 4) is 24.2 Å². The van der Waals surface area contributed by atoms with Crippen LogP contribution in [0.1, 0.15) is 5.56 Å². The Balaban J connectivity index is 2.34. The summed E-state index contributed by atoms with van der Waals surface area (Å²) in [6, 6.07) is 2.04. The van der Waals surface area contributed by atoms with E-state index in [1.54, 1.807) is 11.3 Å². The van der Waals surface area contributed by atoms with Gasteiger partial charge in [-0.05, 0) is 11.4 Å². The molecule has 0 aliphatic rings. The molecule has 0 amide bonds. The van der Waals surface area contributed by atoms with E-state index in [1.807, 2.05) is 29.3 Å². The van der Waals surface area contributed by atoms with Crippen LogP contribution in [0, 0.1) is 28.8 Å². The predicted octanol–water partition coefficient (Wildman–Crippen LogP) is 2.97. The fourth-order valence-electron chi connectivity index (χ4n) is 1.56. The van der Waals surface area contributed by atoms with Crippen molar-refractivity contribution in [3.63, 3.8) is 0 Å². The molecule has 18 heavy (non-hydrogen) atoms. The number of fused-ring (bicyclic) bond motifs is 1. The summed E-state index contributed by atoms with van der Waals surface area (Å²) >= 11 is 7.00. The molecule has 2 nitrogen and oxygen atoms in total. The fourth-order valence-corrected chi connectivity index (χ4v) is 2.76. The molecule has 0 fully saturated rings. The highest BCUT2D eigenvalue weighted by atomic mass is 32.1. The van der Waals surface area contributed by atoms with Crippen LogP contribution in [0.2, 0.25) is 0 Å². The maximum Gasteiger partial charge on any atom is 0.123 e. The van der Waals surface area contributed by atoms with Gasteiger partial charge in [0.25, 0.3) is 0 Å². The summed E-state index contributed by atoms with van der Waals surface area (Å²) in [5.41, 5.74) is 0.964. The van der Waals surface area contributed by atoms with Gasteiger partial charge in [-0.1, -0.05) is 30.0 Å². The number of terminal acetylenes is 1. The molecule has 0 saturated carbocycles. The molecule has 0 N–H and O–H groups in total. The van der Waals surface area contributed by atoms with Crippen LogP contribution in [0.4, 0.5) is 0 Å². The van der Waals surface area contributed by atoms with Crippen molar-refractivity contribution >= 4 is 33.6 Å². The molecular weight excluding hydrogens is 262 g/mol. The zero-order valence-electron chi connectivity index (χ0n) is 9.90. The summed E-state index contributed by atoms with van der Waals surface area (Å²) in [7, 11) is 1.93. The van der Waals surface area contributed by atoms with Crippen LogP contribution in [0.5, 0.6) is 0 Å². The summed E-state index contributed by atoms with van der Waals surface area (Å²) in [5.74, 6) is 8.45. The van der Waals surface area contributed by atoms with E-state index in [1.165, 1.54) is 0 Å². The van der Waals surface area contributed by atoms with Gasteiger partial charge in [0, 0.05) is 24.2 Å². The molecule has 90 valence electrons. The standard InChI is InChI=1S/C14H11NOS2/c1-3-7-16-8-4-5-11-10-15(2)14(17)13-12(11)6-9-18-13/h1,6,9-10H,7-8H2,2H3. The van der Waals surface area contributed by atoms with Gasteiger partial charge in [-0.15, -0.1) is 17.8 Å². The molecule has 2 heterocycles. The van der Waals surface area contributed by atoms with E-state index in [-0.39, 0.29) is 0 Å². The van der Waals surface area contributed by atoms with E-state index < -0.39 is 0 Å². The maximum absolute atomic E-state index is 5.36. The third-order valence-corrected chi connectivity index (χ3v) is 3.92. The number of aromatic nitrogens is 1. The van der Waals surface area contributed by atoms with Gasteiger partial charge >= 0.3 is 0 Å². The molecule has 4 heteroatoms. The minimum absolute atomic E-state index is 0.293. The lowest BCUT2D eigenvalue weighted by molar-refractivity contribution is 0.205. The molecule has 0 spiro atoms. The molecule has 0 radical (unpaired) electrons. The summed E-state index contributed by atoms with van der Waals surface area (Å²) < 4.78 is 8.98. The summed E-state index contributed by atoms with van der Waals surface area (Å²) in [4.78, 5) is 0. The van der Waals surface area contributed by atoms with E-state index in [9.17, 15) is 0 Å². The molecule has 0 bridgehead atoms. The monoisotopic (exact) mass is 273 g/mol. The number of pyridine rings is 1. The summed E-state index contributed by atoms with van der Waals surface area (Å²) in [6.07, 6.45) is 7.03. The molecule has 0 aliphatic heterocycles. The average molecular weight is 273 g/mol. The smallest absolute Gasteiger partial charge is 0.123 e. The zero-order valence-corrected chi connectivity index (χ0v) is 11.5. The Morgan fingerprint density at radius 3 is 3.11 bits per heavy atom. The number of hydrogen-bond donors (Lipinski definition) is 0. The van der Waals surface area contributed by atoms with Gasteiger partial charge in [0.05, 0.1) is 4.70 Å². The molecular formula is C14H11NOS2. The van der Waals surface area contributed by atoms with Gasteiger partial charge in [-0.2, -0.15) is 0 Å². The molecule has 2 aromatic heterocycles. The van der Waals surface area contributed by atoms with E-state index >= 15 is 0 Å². The van der Waals surface area contributed by atoms with Crippen molar-refractivity contribution in [1.82, 2.24) is 4.57 Å². The van der Waals surface area contributed by atoms with Crippen LogP contribution in [0.15, 0.2) is 17.6 Å². The Morgan fingerprint density at radius 2 is 2.33 bits per heavy atom. The van der Waals surface area contributed by atoms with Crippen LogP contribution in [-0.2, 0) is 11.8 Å². The average Bonchev–Trinajstić information content (AvgIpc) is 2.84. The summed E-state index contributed by atoms with van der Waals surface area (Å²) in [6.45, 7) is 0.636. The Morgan fingerprint density at radius 1 is 1.50 bits per heavy atom. The van der Waals surface area contributed by atoms with Crippen molar-refractivity contribution in [2.45, 2.75) is 0 Å². The van der Waals surface area contributed by atoms with Crippen molar-refractivity contribution in [1.29, 1.82) is 0 Å². The second kappa shape index (κ2) is 5.84. The highest BCUT2D eigenvalue weighted by Crippen LogP contribution is 2.24. The largest absolute Gasteiger partial charge is 0.356 e. The predicted molar refractivity (Wildman–Crippen MR) is 78.2 cm³/mol. The van der Waals surface area contributed by atoms with E-state index in [2.05, 4.69) is 17.8 Å². The number of rotatable bonds is 2. The third kappa shape index (κ3) is 2.63. The van der Waals surface area contributed by atoms with Gasteiger partial charge < -0.3 is 9.30 Å².